The van der Waals surface area contributed by atoms with E-state index < -0.39 is 5.54 Å². The summed E-state index contributed by atoms with van der Waals surface area (Å²) in [4.78, 5) is 40.0. The maximum Gasteiger partial charge on any atom is 0.0844 e. The molecule has 0 bridgehead atoms. The Kier molecular flexibility index (Phi) is 19.1. The summed E-state index contributed by atoms with van der Waals surface area (Å²) >= 11 is 0. The van der Waals surface area contributed by atoms with Crippen LogP contribution < -0.4 is 0 Å². The molecular weight excluding hydrogens is 977 g/mol. The Labute approximate surface area is 407 Å². The zero-order chi connectivity index (χ0) is 45.9. The first-order chi connectivity index (χ1) is 31.7. The summed E-state index contributed by atoms with van der Waals surface area (Å²) in [6, 6.07) is 69.0. The molecule has 0 amide bonds. The van der Waals surface area contributed by atoms with Gasteiger partial charge in [-0.25, -0.2) is 0 Å². The van der Waals surface area contributed by atoms with Gasteiger partial charge in [0.2, 0.25) is 0 Å². The molecule has 0 saturated heterocycles. The molecule has 0 aliphatic rings. The Morgan fingerprint density at radius 2 is 0.955 bits per heavy atom. The first kappa shape index (κ1) is 49.8. The van der Waals surface area contributed by atoms with E-state index in [9.17, 15) is 14.4 Å². The average molecular weight is 1030 g/mol. The van der Waals surface area contributed by atoms with E-state index in [1.807, 2.05) is 25.1 Å². The van der Waals surface area contributed by atoms with E-state index in [1.54, 1.807) is 91.7 Å². The fraction of sp³-hybridized carbons (Fsp3) is 0.102. The minimum absolute atomic E-state index is 0. The minimum atomic E-state index is -0.595. The van der Waals surface area contributed by atoms with Crippen molar-refractivity contribution >= 4 is 57.5 Å². The molecule has 0 N–H and O–H groups in total. The van der Waals surface area contributed by atoms with Gasteiger partial charge in [-0.2, -0.15) is 53.1 Å². The number of aliphatic imine (C=N–C) groups is 1. The van der Waals surface area contributed by atoms with Crippen LogP contribution in [0.5, 0.6) is 0 Å². The quantitative estimate of drug-likeness (QED) is 0.0775. The van der Waals surface area contributed by atoms with Crippen LogP contribution >= 0.6 is 0 Å². The standard InChI is InChI=1S/C38H34N3.3C7H5O.Hf/c1-26-21-23-30-15-8-10-17-32(30)36(26)39-28(3)34-19-12-20-35(40-34)38(4,25-29-13-6-5-7-14-29)41-37-27(2)22-24-31-16-9-11-18-33(31)37;3*8-6-7-4-2-1-3-5-7;/h5-24H,25H2,1-4H3;3*1-5H;/q4*-1;. The molecule has 0 fully saturated rings. The van der Waals surface area contributed by atoms with Gasteiger partial charge in [-0.15, -0.1) is 42.1 Å². The van der Waals surface area contributed by atoms with Crippen molar-refractivity contribution in [3.05, 3.63) is 262 Å². The van der Waals surface area contributed by atoms with Crippen molar-refractivity contribution in [2.45, 2.75) is 39.7 Å². The van der Waals surface area contributed by atoms with Crippen LogP contribution in [-0.4, -0.2) is 29.6 Å². The Balaban J connectivity index is 0.000000263. The molecule has 0 spiro atoms. The van der Waals surface area contributed by atoms with E-state index in [2.05, 4.69) is 142 Å². The summed E-state index contributed by atoms with van der Waals surface area (Å²) in [5.74, 6) is 0. The third-order valence-electron chi connectivity index (χ3n) is 10.6. The van der Waals surface area contributed by atoms with Crippen molar-refractivity contribution in [3.63, 3.8) is 0 Å². The predicted octanol–water partition coefficient (Wildman–Crippen LogP) is 13.7. The van der Waals surface area contributed by atoms with Crippen LogP contribution in [0, 0.1) is 13.8 Å². The largest absolute Gasteiger partial charge is 0.673 e. The van der Waals surface area contributed by atoms with Gasteiger partial charge in [0.15, 0.2) is 0 Å². The molecule has 1 unspecified atom stereocenters. The van der Waals surface area contributed by atoms with Gasteiger partial charge >= 0.3 is 0 Å². The van der Waals surface area contributed by atoms with Crippen LogP contribution in [0.4, 0.5) is 11.4 Å². The van der Waals surface area contributed by atoms with Gasteiger partial charge in [-0.1, -0.05) is 145 Å². The third kappa shape index (κ3) is 13.9. The molecule has 1 atom stereocenters. The van der Waals surface area contributed by atoms with Crippen LogP contribution in [0.25, 0.3) is 26.9 Å². The molecule has 0 saturated carbocycles. The van der Waals surface area contributed by atoms with Crippen molar-refractivity contribution in [2.24, 2.45) is 4.99 Å². The van der Waals surface area contributed by atoms with Crippen molar-refractivity contribution in [2.75, 3.05) is 0 Å². The third-order valence-corrected chi connectivity index (χ3v) is 10.6. The van der Waals surface area contributed by atoms with Gasteiger partial charge in [0.05, 0.1) is 36.0 Å². The molecular formula is C59H49HfN3O3-4. The zero-order valence-corrected chi connectivity index (χ0v) is 41.1. The fourth-order valence-electron chi connectivity index (χ4n) is 7.13. The number of pyridine rings is 1. The van der Waals surface area contributed by atoms with Gasteiger partial charge in [0.25, 0.3) is 0 Å². The molecule has 1 heterocycles. The molecule has 0 aliphatic heterocycles. The number of aromatic nitrogens is 1. The van der Waals surface area contributed by atoms with Gasteiger partial charge < -0.3 is 19.7 Å². The van der Waals surface area contributed by atoms with E-state index in [0.29, 0.717) is 16.7 Å². The number of aryl methyl sites for hydroxylation is 2. The summed E-state index contributed by atoms with van der Waals surface area (Å²) in [5, 5.41) is 10.2. The first-order valence-electron chi connectivity index (χ1n) is 21.3. The summed E-state index contributed by atoms with van der Waals surface area (Å²) in [6.45, 7) is 8.51. The molecule has 9 rings (SSSR count). The van der Waals surface area contributed by atoms with Crippen LogP contribution in [0.2, 0.25) is 0 Å². The fourth-order valence-corrected chi connectivity index (χ4v) is 7.13. The second kappa shape index (κ2) is 25.3. The Morgan fingerprint density at radius 1 is 0.515 bits per heavy atom. The molecule has 7 heteroatoms. The van der Waals surface area contributed by atoms with Crippen LogP contribution in [0.1, 0.15) is 58.6 Å². The van der Waals surface area contributed by atoms with E-state index in [4.69, 9.17) is 15.3 Å². The van der Waals surface area contributed by atoms with E-state index in [1.165, 1.54) is 16.3 Å². The van der Waals surface area contributed by atoms with Crippen LogP contribution in [0.15, 0.2) is 217 Å². The Bertz CT molecular complexity index is 2880. The van der Waals surface area contributed by atoms with Crippen LogP contribution in [-0.2, 0) is 52.2 Å². The molecule has 326 valence electrons. The van der Waals surface area contributed by atoms with Gasteiger partial charge in [0, 0.05) is 36.9 Å². The molecule has 8 aromatic carbocycles. The number of rotatable bonds is 10. The summed E-state index contributed by atoms with van der Waals surface area (Å²) in [6.07, 6.45) is 6.06. The maximum absolute atomic E-state index is 9.88. The van der Waals surface area contributed by atoms with Crippen molar-refractivity contribution in [1.29, 1.82) is 0 Å². The van der Waals surface area contributed by atoms with E-state index >= 15 is 0 Å². The van der Waals surface area contributed by atoms with Gasteiger partial charge in [0.1, 0.15) is 0 Å². The molecule has 66 heavy (non-hydrogen) atoms. The normalized spacial score (nSPS) is 11.4. The van der Waals surface area contributed by atoms with E-state index in [0.717, 1.165) is 56.8 Å². The molecule has 0 aliphatic carbocycles. The first-order valence-corrected chi connectivity index (χ1v) is 21.3. The maximum atomic E-state index is 9.88. The second-order valence-corrected chi connectivity index (χ2v) is 15.5. The summed E-state index contributed by atoms with van der Waals surface area (Å²) in [7, 11) is 0. The summed E-state index contributed by atoms with van der Waals surface area (Å²) in [5.41, 5.74) is 9.43. The number of carbonyl (C=O) groups excluding carboxylic acids is 3. The molecule has 0 radical (unpaired) electrons. The minimum Gasteiger partial charge on any atom is -0.673 e. The SMILES string of the molecule is CC(=Nc1c(C)ccc2ccccc12)c1cccc(C(C)(Cc2ccccc2)[N-]c2c(C)ccc3ccccc23)n1.O=[C-]c1ccccc1.O=[C-]c1ccccc1.O=[C-]c1ccccc1.[Hf]. The number of nitrogens with zero attached hydrogens (tertiary/aromatic N) is 3. The van der Waals surface area contributed by atoms with Crippen molar-refractivity contribution in [3.8, 4) is 0 Å². The topological polar surface area (TPSA) is 90.6 Å². The monoisotopic (exact) mass is 1030 g/mol. The molecule has 9 aromatic rings. The Morgan fingerprint density at radius 3 is 1.45 bits per heavy atom. The average Bonchev–Trinajstić information content (AvgIpc) is 3.37. The Hall–Kier alpha value is -7.22. The number of benzene rings is 8. The van der Waals surface area contributed by atoms with Crippen molar-refractivity contribution in [1.82, 2.24) is 4.98 Å². The van der Waals surface area contributed by atoms with Gasteiger partial charge in [-0.3, -0.25) is 9.98 Å². The second-order valence-electron chi connectivity index (χ2n) is 15.5. The smallest absolute Gasteiger partial charge is 0.0844 e. The number of hydrogen-bond donors (Lipinski definition) is 0. The number of fused-ring (bicyclic) bond motifs is 2. The zero-order valence-electron chi connectivity index (χ0n) is 37.5. The molecule has 1 aromatic heterocycles. The summed E-state index contributed by atoms with van der Waals surface area (Å²) < 4.78 is 0. The number of hydrogen-bond acceptors (Lipinski definition) is 5. The van der Waals surface area contributed by atoms with Crippen LogP contribution in [0.3, 0.4) is 0 Å². The van der Waals surface area contributed by atoms with E-state index in [-0.39, 0.29) is 25.8 Å². The molecule has 6 nitrogen and oxygen atoms in total. The van der Waals surface area contributed by atoms with Gasteiger partial charge in [-0.05, 0) is 66.6 Å². The predicted molar refractivity (Wildman–Crippen MR) is 268 cm³/mol. The van der Waals surface area contributed by atoms with Crippen molar-refractivity contribution < 1.29 is 40.2 Å².